The van der Waals surface area contributed by atoms with E-state index >= 15 is 0 Å². The third-order valence-corrected chi connectivity index (χ3v) is 6.81. The standard InChI is InChI=1S/C27H24N2O6S/c1-5-13-35-19-8-6-7-18(14-19)21-20(22(30)17-11-9-15(2)10-12-17)23(31)25(32)29(21)27-28-16(3)24(36-27)26(33)34-4/h5-12,14,21,30H,1,13H2,2-4H3/b22-20+. The second-order valence-corrected chi connectivity index (χ2v) is 9.09. The Morgan fingerprint density at radius 1 is 1.19 bits per heavy atom. The van der Waals surface area contributed by atoms with Crippen molar-refractivity contribution < 1.29 is 29.0 Å². The molecule has 2 aromatic carbocycles. The van der Waals surface area contributed by atoms with Crippen LogP contribution >= 0.6 is 11.3 Å². The van der Waals surface area contributed by atoms with E-state index in [0.29, 0.717) is 22.6 Å². The normalized spacial score (nSPS) is 16.8. The number of aromatic nitrogens is 1. The van der Waals surface area contributed by atoms with Crippen LogP contribution in [0.4, 0.5) is 5.13 Å². The first-order valence-electron chi connectivity index (χ1n) is 11.0. The lowest BCUT2D eigenvalue weighted by Gasteiger charge is -2.23. The highest BCUT2D eigenvalue weighted by Crippen LogP contribution is 2.44. The quantitative estimate of drug-likeness (QED) is 0.163. The number of anilines is 1. The molecule has 1 aromatic heterocycles. The van der Waals surface area contributed by atoms with Crippen molar-refractivity contribution in [2.75, 3.05) is 18.6 Å². The highest BCUT2D eigenvalue weighted by atomic mass is 32.1. The third-order valence-electron chi connectivity index (χ3n) is 5.67. The Kier molecular flexibility index (Phi) is 7.03. The van der Waals surface area contributed by atoms with Crippen molar-refractivity contribution in [3.8, 4) is 5.75 Å². The summed E-state index contributed by atoms with van der Waals surface area (Å²) in [6.45, 7) is 7.43. The summed E-state index contributed by atoms with van der Waals surface area (Å²) in [4.78, 5) is 44.7. The van der Waals surface area contributed by atoms with E-state index in [9.17, 15) is 19.5 Å². The van der Waals surface area contributed by atoms with Crippen LogP contribution in [-0.2, 0) is 14.3 Å². The van der Waals surface area contributed by atoms with E-state index in [0.717, 1.165) is 16.9 Å². The summed E-state index contributed by atoms with van der Waals surface area (Å²) in [5.74, 6) is -2.12. The van der Waals surface area contributed by atoms with Crippen molar-refractivity contribution in [2.45, 2.75) is 19.9 Å². The number of hydrogen-bond donors (Lipinski definition) is 1. The molecule has 0 bridgehead atoms. The number of benzene rings is 2. The summed E-state index contributed by atoms with van der Waals surface area (Å²) in [5, 5.41) is 11.4. The highest BCUT2D eigenvalue weighted by Gasteiger charge is 2.48. The van der Waals surface area contributed by atoms with Crippen molar-refractivity contribution in [2.24, 2.45) is 0 Å². The molecule has 9 heteroatoms. The lowest BCUT2D eigenvalue weighted by Crippen LogP contribution is -2.29. The largest absolute Gasteiger partial charge is 0.507 e. The van der Waals surface area contributed by atoms with E-state index in [2.05, 4.69) is 11.6 Å². The molecule has 36 heavy (non-hydrogen) atoms. The van der Waals surface area contributed by atoms with Gasteiger partial charge in [-0.2, -0.15) is 0 Å². The van der Waals surface area contributed by atoms with Gasteiger partial charge in [0, 0.05) is 5.56 Å². The fraction of sp³-hybridized carbons (Fsp3) is 0.185. The Balaban J connectivity index is 1.92. The highest BCUT2D eigenvalue weighted by molar-refractivity contribution is 7.17. The molecule has 1 unspecified atom stereocenters. The molecular formula is C27H24N2O6S. The van der Waals surface area contributed by atoms with Crippen LogP contribution in [0.15, 0.2) is 66.8 Å². The molecule has 1 fully saturated rings. The van der Waals surface area contributed by atoms with Gasteiger partial charge >= 0.3 is 11.9 Å². The predicted octanol–water partition coefficient (Wildman–Crippen LogP) is 4.74. The number of ether oxygens (including phenoxy) is 2. The van der Waals surface area contributed by atoms with Gasteiger partial charge < -0.3 is 14.6 Å². The zero-order valence-electron chi connectivity index (χ0n) is 20.0. The van der Waals surface area contributed by atoms with Crippen LogP contribution in [0, 0.1) is 13.8 Å². The summed E-state index contributed by atoms with van der Waals surface area (Å²) in [7, 11) is 1.25. The van der Waals surface area contributed by atoms with Gasteiger partial charge in [0.15, 0.2) is 5.13 Å². The van der Waals surface area contributed by atoms with Crippen LogP contribution in [0.1, 0.15) is 38.1 Å². The Bertz CT molecular complexity index is 1390. The number of aliphatic hydroxyl groups excluding tert-OH is 1. The summed E-state index contributed by atoms with van der Waals surface area (Å²) in [5.41, 5.74) is 2.18. The van der Waals surface area contributed by atoms with Crippen LogP contribution in [-0.4, -0.2) is 41.5 Å². The zero-order chi connectivity index (χ0) is 26.0. The molecule has 1 amide bonds. The topological polar surface area (TPSA) is 106 Å². The van der Waals surface area contributed by atoms with E-state index in [1.54, 1.807) is 61.5 Å². The molecule has 1 saturated heterocycles. The molecule has 8 nitrogen and oxygen atoms in total. The first-order chi connectivity index (χ1) is 17.3. The number of aliphatic hydroxyl groups is 1. The minimum absolute atomic E-state index is 0.0859. The maximum atomic E-state index is 13.3. The van der Waals surface area contributed by atoms with Crippen molar-refractivity contribution in [3.63, 3.8) is 0 Å². The average Bonchev–Trinajstić information content (AvgIpc) is 3.39. The van der Waals surface area contributed by atoms with Gasteiger partial charge in [0.1, 0.15) is 23.0 Å². The van der Waals surface area contributed by atoms with Crippen molar-refractivity contribution in [1.29, 1.82) is 0 Å². The molecule has 1 aliphatic rings. The van der Waals surface area contributed by atoms with Crippen molar-refractivity contribution in [1.82, 2.24) is 4.98 Å². The number of methoxy groups -OCH3 is 1. The fourth-order valence-corrected chi connectivity index (χ4v) is 4.92. The van der Waals surface area contributed by atoms with E-state index in [4.69, 9.17) is 9.47 Å². The molecule has 0 spiro atoms. The number of amides is 1. The van der Waals surface area contributed by atoms with Crippen LogP contribution < -0.4 is 9.64 Å². The molecule has 1 N–H and O–H groups in total. The minimum atomic E-state index is -1.00. The molecule has 0 aliphatic carbocycles. The maximum absolute atomic E-state index is 13.3. The molecule has 1 atom stereocenters. The second kappa shape index (κ2) is 10.2. The number of Topliss-reactive ketones (excluding diaryl/α,β-unsaturated/α-hetero) is 1. The number of ketones is 1. The van der Waals surface area contributed by atoms with E-state index in [-0.39, 0.29) is 27.9 Å². The summed E-state index contributed by atoms with van der Waals surface area (Å²) in [6.07, 6.45) is 1.60. The van der Waals surface area contributed by atoms with E-state index in [1.165, 1.54) is 12.0 Å². The van der Waals surface area contributed by atoms with Crippen LogP contribution in [0.3, 0.4) is 0 Å². The number of nitrogens with zero attached hydrogens (tertiary/aromatic N) is 2. The van der Waals surface area contributed by atoms with Crippen LogP contribution in [0.5, 0.6) is 5.75 Å². The molecule has 2 heterocycles. The molecule has 184 valence electrons. The van der Waals surface area contributed by atoms with Crippen LogP contribution in [0.25, 0.3) is 5.76 Å². The molecule has 4 rings (SSSR count). The SMILES string of the molecule is C=CCOc1cccc(C2/C(=C(\O)c3ccc(C)cc3)C(=O)C(=O)N2c2nc(C)c(C(=O)OC)s2)c1. The molecule has 1 aliphatic heterocycles. The van der Waals surface area contributed by atoms with Crippen molar-refractivity contribution >= 4 is 39.9 Å². The Hall–Kier alpha value is -4.24. The number of hydrogen-bond acceptors (Lipinski definition) is 8. The fourth-order valence-electron chi connectivity index (χ4n) is 3.91. The summed E-state index contributed by atoms with van der Waals surface area (Å²) < 4.78 is 10.5. The Morgan fingerprint density at radius 3 is 2.58 bits per heavy atom. The van der Waals surface area contributed by atoms with Gasteiger partial charge in [-0.15, -0.1) is 0 Å². The first kappa shape index (κ1) is 24.9. The number of carbonyl (C=O) groups is 3. The lowest BCUT2D eigenvalue weighted by atomic mass is 9.95. The first-order valence-corrected chi connectivity index (χ1v) is 11.9. The zero-order valence-corrected chi connectivity index (χ0v) is 20.8. The molecule has 3 aromatic rings. The number of thiazole rings is 1. The minimum Gasteiger partial charge on any atom is -0.507 e. The van der Waals surface area contributed by atoms with E-state index in [1.807, 2.05) is 6.92 Å². The van der Waals surface area contributed by atoms with E-state index < -0.39 is 23.7 Å². The lowest BCUT2D eigenvalue weighted by molar-refractivity contribution is -0.132. The van der Waals surface area contributed by atoms with Gasteiger partial charge in [-0.05, 0) is 31.5 Å². The average molecular weight is 505 g/mol. The van der Waals surface area contributed by atoms with Crippen LogP contribution in [0.2, 0.25) is 0 Å². The van der Waals surface area contributed by atoms with Gasteiger partial charge in [-0.1, -0.05) is 66.0 Å². The molecule has 0 saturated carbocycles. The Labute approximate surface area is 212 Å². The van der Waals surface area contributed by atoms with Crippen molar-refractivity contribution in [3.05, 3.63) is 94.0 Å². The second-order valence-electron chi connectivity index (χ2n) is 8.11. The Morgan fingerprint density at radius 2 is 1.92 bits per heavy atom. The number of carbonyl (C=O) groups excluding carboxylic acids is 3. The number of aryl methyl sites for hydroxylation is 2. The third kappa shape index (κ3) is 4.52. The maximum Gasteiger partial charge on any atom is 0.350 e. The number of esters is 1. The summed E-state index contributed by atoms with van der Waals surface area (Å²) >= 11 is 0.942. The molecule has 0 radical (unpaired) electrons. The van der Waals surface area contributed by atoms with Gasteiger partial charge in [-0.3, -0.25) is 14.5 Å². The summed E-state index contributed by atoms with van der Waals surface area (Å²) in [6, 6.07) is 12.9. The van der Waals surface area contributed by atoms with Gasteiger partial charge in [0.25, 0.3) is 5.78 Å². The molecular weight excluding hydrogens is 480 g/mol. The predicted molar refractivity (Wildman–Crippen MR) is 136 cm³/mol. The van der Waals surface area contributed by atoms with Gasteiger partial charge in [-0.25, -0.2) is 9.78 Å². The van der Waals surface area contributed by atoms with Gasteiger partial charge in [0.05, 0.1) is 24.4 Å². The number of rotatable bonds is 7. The van der Waals surface area contributed by atoms with Gasteiger partial charge in [0.2, 0.25) is 0 Å². The smallest absolute Gasteiger partial charge is 0.350 e. The monoisotopic (exact) mass is 504 g/mol.